The number of tetrazole rings is 1. The highest BCUT2D eigenvalue weighted by Gasteiger charge is 2.16. The summed E-state index contributed by atoms with van der Waals surface area (Å²) < 4.78 is 2.20. The van der Waals surface area contributed by atoms with E-state index in [1.165, 1.54) is 0 Å². The van der Waals surface area contributed by atoms with Crippen LogP contribution < -0.4 is 0 Å². The Bertz CT molecular complexity index is 1740. The Kier molecular flexibility index (Phi) is 5.45. The number of hydrogen-bond acceptors (Lipinski definition) is 6. The minimum Gasteiger partial charge on any atom is -0.308 e. The van der Waals surface area contributed by atoms with Crippen LogP contribution in [0, 0.1) is 13.8 Å². The summed E-state index contributed by atoms with van der Waals surface area (Å²) in [5.41, 5.74) is 8.47. The van der Waals surface area contributed by atoms with Crippen molar-refractivity contribution in [2.45, 2.75) is 33.7 Å². The first-order chi connectivity index (χ1) is 17.5. The number of benzene rings is 2. The summed E-state index contributed by atoms with van der Waals surface area (Å²) in [5, 5.41) is 15.8. The van der Waals surface area contributed by atoms with Crippen molar-refractivity contribution in [3.63, 3.8) is 0 Å². The summed E-state index contributed by atoms with van der Waals surface area (Å²) in [6.07, 6.45) is 0.828. The summed E-state index contributed by atoms with van der Waals surface area (Å²) >= 11 is 6.82. The molecular formula is C27H23ClN8. The molecule has 0 unspecified atom stereocenters. The molecule has 0 aliphatic carbocycles. The molecular weight excluding hydrogens is 472 g/mol. The van der Waals surface area contributed by atoms with Gasteiger partial charge in [-0.3, -0.25) is 0 Å². The minimum atomic E-state index is 0.581. The molecule has 4 heterocycles. The van der Waals surface area contributed by atoms with E-state index in [0.717, 1.165) is 68.0 Å². The van der Waals surface area contributed by atoms with Crippen LogP contribution in [0.2, 0.25) is 5.02 Å². The van der Waals surface area contributed by atoms with Gasteiger partial charge in [-0.25, -0.2) is 20.1 Å². The molecule has 2 aromatic carbocycles. The molecule has 0 amide bonds. The van der Waals surface area contributed by atoms with Gasteiger partial charge in [-0.1, -0.05) is 48.9 Å². The zero-order valence-electron chi connectivity index (χ0n) is 20.1. The average Bonchev–Trinajstić information content (AvgIpc) is 3.53. The number of halogens is 1. The quantitative estimate of drug-likeness (QED) is 0.329. The normalized spacial score (nSPS) is 11.6. The molecule has 0 spiro atoms. The number of fused-ring (bicyclic) bond motifs is 2. The van der Waals surface area contributed by atoms with Gasteiger partial charge in [0.2, 0.25) is 0 Å². The second kappa shape index (κ2) is 8.80. The first-order valence-electron chi connectivity index (χ1n) is 11.8. The molecule has 178 valence electrons. The molecule has 1 N–H and O–H groups in total. The van der Waals surface area contributed by atoms with Crippen molar-refractivity contribution in [3.05, 3.63) is 82.3 Å². The summed E-state index contributed by atoms with van der Waals surface area (Å²) in [6, 6.07) is 18.0. The van der Waals surface area contributed by atoms with Gasteiger partial charge in [0.05, 0.1) is 22.8 Å². The Morgan fingerprint density at radius 1 is 0.944 bits per heavy atom. The highest BCUT2D eigenvalue weighted by molar-refractivity contribution is 6.35. The molecule has 0 radical (unpaired) electrons. The zero-order chi connectivity index (χ0) is 24.8. The second-order valence-corrected chi connectivity index (χ2v) is 9.26. The lowest BCUT2D eigenvalue weighted by Gasteiger charge is -2.12. The van der Waals surface area contributed by atoms with Crippen LogP contribution in [0.5, 0.6) is 0 Å². The molecule has 0 atom stereocenters. The molecule has 36 heavy (non-hydrogen) atoms. The Hall–Kier alpha value is -4.17. The minimum absolute atomic E-state index is 0.581. The van der Waals surface area contributed by atoms with Crippen LogP contribution >= 0.6 is 11.6 Å². The fourth-order valence-electron chi connectivity index (χ4n) is 4.72. The van der Waals surface area contributed by atoms with Gasteiger partial charge in [-0.05, 0) is 59.7 Å². The lowest BCUT2D eigenvalue weighted by atomic mass is 10.0. The van der Waals surface area contributed by atoms with Gasteiger partial charge >= 0.3 is 0 Å². The van der Waals surface area contributed by atoms with Crippen molar-refractivity contribution in [2.75, 3.05) is 0 Å². The molecule has 8 nitrogen and oxygen atoms in total. The number of nitrogens with zero attached hydrogens (tertiary/aromatic N) is 7. The monoisotopic (exact) mass is 494 g/mol. The number of hydrogen-bond donors (Lipinski definition) is 1. The zero-order valence-corrected chi connectivity index (χ0v) is 20.9. The maximum atomic E-state index is 6.82. The smallest absolute Gasteiger partial charge is 0.180 e. The molecule has 4 aromatic heterocycles. The number of imidazole rings is 1. The third-order valence-corrected chi connectivity index (χ3v) is 6.70. The van der Waals surface area contributed by atoms with Gasteiger partial charge in [0.15, 0.2) is 11.5 Å². The summed E-state index contributed by atoms with van der Waals surface area (Å²) in [5.74, 6) is 1.60. The van der Waals surface area contributed by atoms with Crippen molar-refractivity contribution in [3.8, 4) is 22.6 Å². The van der Waals surface area contributed by atoms with E-state index >= 15 is 0 Å². The SMILES string of the molecule is CCc1nc2c(C)cc(C)nc2n1Cc1ccc2nc(-c3ccccc3-c3nnn[nH]3)cc(Cl)c2c1. The molecule has 0 aliphatic rings. The first-order valence-corrected chi connectivity index (χ1v) is 12.2. The standard InChI is InChI=1S/C27H23ClN8/c1-4-24-31-25-15(2)11-16(3)29-27(25)36(24)14-17-9-10-22-20(12-17)21(28)13-23(30-22)18-7-5-6-8-19(18)26-32-34-35-33-26/h5-13H,4,14H2,1-3H3,(H,32,33,34,35). The summed E-state index contributed by atoms with van der Waals surface area (Å²) in [4.78, 5) is 14.6. The Labute approximate surface area is 212 Å². The van der Waals surface area contributed by atoms with Gasteiger partial charge in [0.25, 0.3) is 0 Å². The van der Waals surface area contributed by atoms with E-state index < -0.39 is 0 Å². The molecule has 0 aliphatic heterocycles. The Morgan fingerprint density at radius 2 is 1.78 bits per heavy atom. The lowest BCUT2D eigenvalue weighted by Crippen LogP contribution is -2.06. The molecule has 0 fully saturated rings. The highest BCUT2D eigenvalue weighted by Crippen LogP contribution is 2.33. The third-order valence-electron chi connectivity index (χ3n) is 6.38. The van der Waals surface area contributed by atoms with E-state index in [4.69, 9.17) is 26.6 Å². The van der Waals surface area contributed by atoms with Crippen LogP contribution in [0.1, 0.15) is 29.6 Å². The van der Waals surface area contributed by atoms with Gasteiger partial charge in [0, 0.05) is 28.6 Å². The van der Waals surface area contributed by atoms with E-state index in [1.807, 2.05) is 43.3 Å². The van der Waals surface area contributed by atoms with E-state index in [1.54, 1.807) is 0 Å². The van der Waals surface area contributed by atoms with Crippen molar-refractivity contribution in [1.82, 2.24) is 40.1 Å². The molecule has 9 heteroatoms. The van der Waals surface area contributed by atoms with E-state index in [9.17, 15) is 0 Å². The van der Waals surface area contributed by atoms with Crippen LogP contribution in [0.25, 0.3) is 44.7 Å². The van der Waals surface area contributed by atoms with Gasteiger partial charge in [-0.15, -0.1) is 5.10 Å². The molecule has 6 aromatic rings. The van der Waals surface area contributed by atoms with Crippen LogP contribution in [0.4, 0.5) is 0 Å². The van der Waals surface area contributed by atoms with E-state index in [-0.39, 0.29) is 0 Å². The van der Waals surface area contributed by atoms with Crippen LogP contribution in [0.15, 0.2) is 54.6 Å². The largest absolute Gasteiger partial charge is 0.308 e. The maximum Gasteiger partial charge on any atom is 0.180 e. The highest BCUT2D eigenvalue weighted by atomic mass is 35.5. The number of H-pyrrole nitrogens is 1. The van der Waals surface area contributed by atoms with Crippen LogP contribution in [-0.2, 0) is 13.0 Å². The van der Waals surface area contributed by atoms with Crippen molar-refractivity contribution in [1.29, 1.82) is 0 Å². The average molecular weight is 495 g/mol. The maximum absolute atomic E-state index is 6.82. The predicted octanol–water partition coefficient (Wildman–Crippen LogP) is 5.71. The number of aryl methyl sites for hydroxylation is 3. The fourth-order valence-corrected chi connectivity index (χ4v) is 4.98. The molecule has 0 bridgehead atoms. The van der Waals surface area contributed by atoms with Gasteiger partial charge in [-0.2, -0.15) is 0 Å². The van der Waals surface area contributed by atoms with Crippen molar-refractivity contribution >= 4 is 33.7 Å². The second-order valence-electron chi connectivity index (χ2n) is 8.86. The lowest BCUT2D eigenvalue weighted by molar-refractivity contribution is 0.746. The third kappa shape index (κ3) is 3.79. The number of nitrogens with one attached hydrogen (secondary N) is 1. The fraction of sp³-hybridized carbons (Fsp3) is 0.185. The number of rotatable bonds is 5. The van der Waals surface area contributed by atoms with E-state index in [0.29, 0.717) is 17.4 Å². The summed E-state index contributed by atoms with van der Waals surface area (Å²) in [7, 11) is 0. The van der Waals surface area contributed by atoms with Crippen molar-refractivity contribution < 1.29 is 0 Å². The molecule has 6 rings (SSSR count). The Balaban J connectivity index is 1.42. The number of pyridine rings is 2. The first kappa shape index (κ1) is 22.3. The van der Waals surface area contributed by atoms with Crippen LogP contribution in [0.3, 0.4) is 0 Å². The topological polar surface area (TPSA) is 98.1 Å². The van der Waals surface area contributed by atoms with Crippen LogP contribution in [-0.4, -0.2) is 40.1 Å². The predicted molar refractivity (Wildman–Crippen MR) is 141 cm³/mol. The number of aromatic amines is 1. The van der Waals surface area contributed by atoms with Crippen molar-refractivity contribution in [2.24, 2.45) is 0 Å². The van der Waals surface area contributed by atoms with Gasteiger partial charge < -0.3 is 4.57 Å². The van der Waals surface area contributed by atoms with Gasteiger partial charge in [0.1, 0.15) is 11.3 Å². The summed E-state index contributed by atoms with van der Waals surface area (Å²) in [6.45, 7) is 6.88. The van der Waals surface area contributed by atoms with E-state index in [2.05, 4.69) is 57.2 Å². The Morgan fingerprint density at radius 3 is 2.56 bits per heavy atom. The number of aromatic nitrogens is 8. The molecule has 0 saturated heterocycles. The molecule has 0 saturated carbocycles.